The summed E-state index contributed by atoms with van der Waals surface area (Å²) >= 11 is 0. The highest BCUT2D eigenvalue weighted by Gasteiger charge is 2.01. The second kappa shape index (κ2) is 4.24. The predicted molar refractivity (Wildman–Crippen MR) is 46.0 cm³/mol. The van der Waals surface area contributed by atoms with Crippen molar-refractivity contribution >= 4 is 18.0 Å². The first-order chi connectivity index (χ1) is 6.26. The van der Waals surface area contributed by atoms with Gasteiger partial charge in [0.15, 0.2) is 0 Å². The SMILES string of the molecule is CNC(=O)Cn1cc(NC=O)cn1. The first kappa shape index (κ1) is 9.24. The van der Waals surface area contributed by atoms with Gasteiger partial charge in [0.25, 0.3) is 0 Å². The van der Waals surface area contributed by atoms with Gasteiger partial charge in [0, 0.05) is 13.2 Å². The zero-order valence-electron chi connectivity index (χ0n) is 7.15. The Hall–Kier alpha value is -1.85. The summed E-state index contributed by atoms with van der Waals surface area (Å²) in [5, 5.41) is 8.75. The average molecular weight is 182 g/mol. The molecule has 0 aliphatic carbocycles. The Morgan fingerprint density at radius 3 is 3.15 bits per heavy atom. The highest BCUT2D eigenvalue weighted by atomic mass is 16.2. The van der Waals surface area contributed by atoms with E-state index >= 15 is 0 Å². The topological polar surface area (TPSA) is 76.0 Å². The van der Waals surface area contributed by atoms with Crippen LogP contribution in [0.4, 0.5) is 5.69 Å². The van der Waals surface area contributed by atoms with Crippen LogP contribution in [0.2, 0.25) is 0 Å². The fraction of sp³-hybridized carbons (Fsp3) is 0.286. The van der Waals surface area contributed by atoms with Crippen LogP contribution in [0.25, 0.3) is 0 Å². The number of carbonyl (C=O) groups is 2. The van der Waals surface area contributed by atoms with Gasteiger partial charge in [-0.1, -0.05) is 0 Å². The van der Waals surface area contributed by atoms with Gasteiger partial charge in [-0.15, -0.1) is 0 Å². The summed E-state index contributed by atoms with van der Waals surface area (Å²) in [6, 6.07) is 0. The van der Waals surface area contributed by atoms with Gasteiger partial charge in [-0.25, -0.2) is 0 Å². The highest BCUT2D eigenvalue weighted by molar-refractivity contribution is 5.75. The summed E-state index contributed by atoms with van der Waals surface area (Å²) in [7, 11) is 1.55. The minimum absolute atomic E-state index is 0.138. The lowest BCUT2D eigenvalue weighted by atomic mass is 10.5. The summed E-state index contributed by atoms with van der Waals surface area (Å²) in [5.41, 5.74) is 0.568. The van der Waals surface area contributed by atoms with Gasteiger partial charge in [0.05, 0.1) is 11.9 Å². The van der Waals surface area contributed by atoms with E-state index in [-0.39, 0.29) is 12.5 Å². The van der Waals surface area contributed by atoms with Crippen molar-refractivity contribution in [1.29, 1.82) is 0 Å². The first-order valence-corrected chi connectivity index (χ1v) is 3.69. The molecule has 0 spiro atoms. The van der Waals surface area contributed by atoms with E-state index in [2.05, 4.69) is 15.7 Å². The Morgan fingerprint density at radius 1 is 1.77 bits per heavy atom. The second-order valence-corrected chi connectivity index (χ2v) is 2.36. The molecular weight excluding hydrogens is 172 g/mol. The number of nitrogens with zero attached hydrogens (tertiary/aromatic N) is 2. The average Bonchev–Trinajstić information content (AvgIpc) is 2.53. The van der Waals surface area contributed by atoms with Crippen LogP contribution in [0.15, 0.2) is 12.4 Å². The molecule has 0 aromatic carbocycles. The molecule has 1 aromatic heterocycles. The normalized spacial score (nSPS) is 9.31. The zero-order chi connectivity index (χ0) is 9.68. The van der Waals surface area contributed by atoms with Crippen molar-refractivity contribution in [3.63, 3.8) is 0 Å². The molecule has 1 rings (SSSR count). The molecular formula is C7H10N4O2. The molecule has 0 aliphatic heterocycles. The monoisotopic (exact) mass is 182 g/mol. The van der Waals surface area contributed by atoms with Crippen LogP contribution in [0.5, 0.6) is 0 Å². The third kappa shape index (κ3) is 2.58. The Labute approximate surface area is 74.9 Å². The molecule has 1 aromatic rings. The number of rotatable bonds is 4. The van der Waals surface area contributed by atoms with E-state index in [0.29, 0.717) is 12.1 Å². The van der Waals surface area contributed by atoms with E-state index < -0.39 is 0 Å². The number of hydrogen-bond acceptors (Lipinski definition) is 3. The largest absolute Gasteiger partial charge is 0.358 e. The number of amides is 2. The maximum atomic E-state index is 10.9. The van der Waals surface area contributed by atoms with Crippen molar-refractivity contribution in [2.45, 2.75) is 6.54 Å². The molecule has 13 heavy (non-hydrogen) atoms. The van der Waals surface area contributed by atoms with E-state index in [1.807, 2.05) is 0 Å². The Kier molecular flexibility index (Phi) is 3.02. The second-order valence-electron chi connectivity index (χ2n) is 2.36. The number of likely N-dealkylation sites (N-methyl/N-ethyl adjacent to an activating group) is 1. The number of aromatic nitrogens is 2. The number of nitrogens with one attached hydrogen (secondary N) is 2. The molecule has 0 atom stereocenters. The Morgan fingerprint density at radius 2 is 2.54 bits per heavy atom. The van der Waals surface area contributed by atoms with Crippen molar-refractivity contribution in [1.82, 2.24) is 15.1 Å². The number of anilines is 1. The van der Waals surface area contributed by atoms with Crippen molar-refractivity contribution in [3.8, 4) is 0 Å². The van der Waals surface area contributed by atoms with Crippen LogP contribution < -0.4 is 10.6 Å². The van der Waals surface area contributed by atoms with Crippen LogP contribution in [-0.4, -0.2) is 29.1 Å². The van der Waals surface area contributed by atoms with Gasteiger partial charge in [0.2, 0.25) is 12.3 Å². The van der Waals surface area contributed by atoms with E-state index in [1.54, 1.807) is 13.2 Å². The van der Waals surface area contributed by atoms with Crippen LogP contribution in [0, 0.1) is 0 Å². The van der Waals surface area contributed by atoms with Gasteiger partial charge in [-0.05, 0) is 0 Å². The summed E-state index contributed by atoms with van der Waals surface area (Å²) in [6.45, 7) is 0.150. The summed E-state index contributed by atoms with van der Waals surface area (Å²) in [6.07, 6.45) is 3.60. The van der Waals surface area contributed by atoms with Gasteiger partial charge >= 0.3 is 0 Å². The summed E-state index contributed by atoms with van der Waals surface area (Å²) in [5.74, 6) is -0.138. The molecule has 0 saturated carbocycles. The molecule has 0 aliphatic rings. The molecule has 70 valence electrons. The van der Waals surface area contributed by atoms with Gasteiger partial charge < -0.3 is 10.6 Å². The van der Waals surface area contributed by atoms with Gasteiger partial charge in [-0.3, -0.25) is 14.3 Å². The third-order valence-electron chi connectivity index (χ3n) is 1.44. The maximum Gasteiger partial charge on any atom is 0.241 e. The molecule has 0 fully saturated rings. The molecule has 0 bridgehead atoms. The molecule has 0 saturated heterocycles. The molecule has 6 nitrogen and oxygen atoms in total. The van der Waals surface area contributed by atoms with Crippen molar-refractivity contribution in [2.75, 3.05) is 12.4 Å². The van der Waals surface area contributed by atoms with E-state index in [1.165, 1.54) is 10.9 Å². The fourth-order valence-electron chi connectivity index (χ4n) is 0.819. The van der Waals surface area contributed by atoms with Crippen molar-refractivity contribution < 1.29 is 9.59 Å². The standard InChI is InChI=1S/C7H10N4O2/c1-8-7(13)4-11-3-6(2-10-11)9-5-12/h2-3,5H,4H2,1H3,(H,8,13)(H,9,12). The lowest BCUT2D eigenvalue weighted by molar-refractivity contribution is -0.121. The van der Waals surface area contributed by atoms with Crippen molar-refractivity contribution in [2.24, 2.45) is 0 Å². The van der Waals surface area contributed by atoms with Crippen LogP contribution in [0.1, 0.15) is 0 Å². The lowest BCUT2D eigenvalue weighted by Crippen LogP contribution is -2.23. The smallest absolute Gasteiger partial charge is 0.241 e. The molecule has 1 heterocycles. The van der Waals surface area contributed by atoms with Gasteiger partial charge in [-0.2, -0.15) is 5.10 Å². The van der Waals surface area contributed by atoms with Gasteiger partial charge in [0.1, 0.15) is 6.54 Å². The molecule has 0 unspecified atom stereocenters. The Bertz CT molecular complexity index is 307. The molecule has 2 amide bonds. The van der Waals surface area contributed by atoms with Crippen molar-refractivity contribution in [3.05, 3.63) is 12.4 Å². The summed E-state index contributed by atoms with van der Waals surface area (Å²) < 4.78 is 1.44. The van der Waals surface area contributed by atoms with E-state index in [9.17, 15) is 9.59 Å². The number of carbonyl (C=O) groups excluding carboxylic acids is 2. The minimum atomic E-state index is -0.138. The van der Waals surface area contributed by atoms with E-state index in [0.717, 1.165) is 0 Å². The Balaban J connectivity index is 2.58. The van der Waals surface area contributed by atoms with Crippen LogP contribution in [0.3, 0.4) is 0 Å². The minimum Gasteiger partial charge on any atom is -0.358 e. The predicted octanol–water partition coefficient (Wildman–Crippen LogP) is -0.803. The van der Waals surface area contributed by atoms with Crippen LogP contribution in [-0.2, 0) is 16.1 Å². The van der Waals surface area contributed by atoms with Crippen LogP contribution >= 0.6 is 0 Å². The molecule has 2 N–H and O–H groups in total. The fourth-order valence-corrected chi connectivity index (χ4v) is 0.819. The van der Waals surface area contributed by atoms with E-state index in [4.69, 9.17) is 0 Å². The third-order valence-corrected chi connectivity index (χ3v) is 1.44. The maximum absolute atomic E-state index is 10.9. The first-order valence-electron chi connectivity index (χ1n) is 3.69. The highest BCUT2D eigenvalue weighted by Crippen LogP contribution is 2.02. The molecule has 6 heteroatoms. The number of hydrogen-bond donors (Lipinski definition) is 2. The quantitative estimate of drug-likeness (QED) is 0.598. The molecule has 0 radical (unpaired) electrons. The lowest BCUT2D eigenvalue weighted by Gasteiger charge is -1.98. The zero-order valence-corrected chi connectivity index (χ0v) is 7.15. The summed E-state index contributed by atoms with van der Waals surface area (Å²) in [4.78, 5) is 20.9.